The Morgan fingerprint density at radius 1 is 0.630 bits per heavy atom. The van der Waals surface area contributed by atoms with Crippen molar-refractivity contribution < 1.29 is 4.79 Å². The molecule has 0 radical (unpaired) electrons. The first-order chi connectivity index (χ1) is 13.2. The molecule has 3 heteroatoms. The topological polar surface area (TPSA) is 32.3 Å². The lowest BCUT2D eigenvalue weighted by molar-refractivity contribution is -0.121. The third-order valence-electron chi connectivity index (χ3n) is 5.59. The fourth-order valence-corrected chi connectivity index (χ4v) is 3.43. The highest BCUT2D eigenvalue weighted by Gasteiger charge is 2.02. The Labute approximate surface area is 171 Å². The van der Waals surface area contributed by atoms with Crippen LogP contribution >= 0.6 is 0 Å². The van der Waals surface area contributed by atoms with E-state index in [4.69, 9.17) is 0 Å². The molecule has 3 nitrogen and oxygen atoms in total. The Hall–Kier alpha value is -0.570. The fraction of sp³-hybridized carbons (Fsp3) is 0.958. The lowest BCUT2D eigenvalue weighted by Crippen LogP contribution is -2.34. The van der Waals surface area contributed by atoms with Crippen molar-refractivity contribution in [2.45, 2.75) is 129 Å². The molecule has 0 aromatic rings. The summed E-state index contributed by atoms with van der Waals surface area (Å²) in [6.45, 7) is 6.03. The zero-order valence-electron chi connectivity index (χ0n) is 19.0. The Morgan fingerprint density at radius 3 is 1.37 bits per heavy atom. The predicted octanol–water partition coefficient (Wildman–Crippen LogP) is 7.05. The largest absolute Gasteiger partial charge is 0.343 e. The second kappa shape index (κ2) is 21.7. The average Bonchev–Trinajstić information content (AvgIpc) is 2.68. The van der Waals surface area contributed by atoms with Gasteiger partial charge in [0.25, 0.3) is 0 Å². The van der Waals surface area contributed by atoms with E-state index >= 15 is 0 Å². The molecule has 0 saturated carbocycles. The van der Waals surface area contributed by atoms with E-state index in [0.717, 1.165) is 13.0 Å². The molecule has 1 N–H and O–H groups in total. The Bertz CT molecular complexity index is 307. The first kappa shape index (κ1) is 26.4. The summed E-state index contributed by atoms with van der Waals surface area (Å²) in [7, 11) is 2.02. The van der Waals surface area contributed by atoms with Crippen LogP contribution in [0.15, 0.2) is 0 Å². The van der Waals surface area contributed by atoms with Crippen LogP contribution < -0.4 is 5.32 Å². The second-order valence-corrected chi connectivity index (χ2v) is 8.34. The molecule has 1 amide bonds. The van der Waals surface area contributed by atoms with Crippen molar-refractivity contribution in [1.82, 2.24) is 10.2 Å². The summed E-state index contributed by atoms with van der Waals surface area (Å²) >= 11 is 0. The molecule has 0 aromatic heterocycles. The first-order valence-electron chi connectivity index (χ1n) is 12.2. The highest BCUT2D eigenvalue weighted by molar-refractivity contribution is 5.75. The van der Waals surface area contributed by atoms with Crippen LogP contribution in [0.5, 0.6) is 0 Å². The first-order valence-corrected chi connectivity index (χ1v) is 12.2. The van der Waals surface area contributed by atoms with Crippen molar-refractivity contribution in [3.63, 3.8) is 0 Å². The SMILES string of the molecule is CCCCCCCCCCCCCCCCCCCC(=O)NCN(C)CC. The van der Waals surface area contributed by atoms with Gasteiger partial charge in [0.1, 0.15) is 0 Å². The van der Waals surface area contributed by atoms with Crippen LogP contribution in [0.25, 0.3) is 0 Å². The van der Waals surface area contributed by atoms with E-state index in [2.05, 4.69) is 24.1 Å². The molecule has 0 bridgehead atoms. The molecule has 27 heavy (non-hydrogen) atoms. The molecule has 162 valence electrons. The third-order valence-corrected chi connectivity index (χ3v) is 5.59. The minimum absolute atomic E-state index is 0.205. The van der Waals surface area contributed by atoms with Crippen LogP contribution in [0.1, 0.15) is 129 Å². The lowest BCUT2D eigenvalue weighted by Gasteiger charge is -2.14. The number of hydrogen-bond acceptors (Lipinski definition) is 2. The molecule has 0 aliphatic heterocycles. The zero-order chi connectivity index (χ0) is 20.0. The molecule has 0 saturated heterocycles. The minimum atomic E-state index is 0.205. The number of carbonyl (C=O) groups is 1. The number of nitrogens with zero attached hydrogens (tertiary/aromatic N) is 1. The number of carbonyl (C=O) groups excluding carboxylic acids is 1. The molecule has 0 spiro atoms. The zero-order valence-corrected chi connectivity index (χ0v) is 19.0. The van der Waals surface area contributed by atoms with Crippen molar-refractivity contribution >= 4 is 5.91 Å². The fourth-order valence-electron chi connectivity index (χ4n) is 3.43. The van der Waals surface area contributed by atoms with E-state index in [1.807, 2.05) is 7.05 Å². The number of hydrogen-bond donors (Lipinski definition) is 1. The summed E-state index contributed by atoms with van der Waals surface area (Å²) in [4.78, 5) is 13.8. The van der Waals surface area contributed by atoms with Crippen molar-refractivity contribution in [2.24, 2.45) is 0 Å². The number of nitrogens with one attached hydrogen (secondary N) is 1. The van der Waals surface area contributed by atoms with Crippen LogP contribution in [-0.4, -0.2) is 31.1 Å². The maximum atomic E-state index is 11.7. The third kappa shape index (κ3) is 21.6. The second-order valence-electron chi connectivity index (χ2n) is 8.34. The highest BCUT2D eigenvalue weighted by atomic mass is 16.1. The Kier molecular flexibility index (Phi) is 21.3. The normalized spacial score (nSPS) is 11.3. The van der Waals surface area contributed by atoms with Crippen molar-refractivity contribution in [3.8, 4) is 0 Å². The van der Waals surface area contributed by atoms with Gasteiger partial charge >= 0.3 is 0 Å². The van der Waals surface area contributed by atoms with E-state index in [1.165, 1.54) is 103 Å². The molecule has 0 fully saturated rings. The lowest BCUT2D eigenvalue weighted by atomic mass is 10.0. The Balaban J connectivity index is 3.11. The molecule has 0 aromatic carbocycles. The molecular weight excluding hydrogens is 332 g/mol. The van der Waals surface area contributed by atoms with Gasteiger partial charge in [0.2, 0.25) is 5.91 Å². The van der Waals surface area contributed by atoms with E-state index in [-0.39, 0.29) is 5.91 Å². The standard InChI is InChI=1S/C24H50N2O/c1-4-6-7-8-9-10-11-12-13-14-15-16-17-18-19-20-21-22-24(27)25-23-26(3)5-2/h4-23H2,1-3H3,(H,25,27). The number of unbranched alkanes of at least 4 members (excludes halogenated alkanes) is 16. The maximum absolute atomic E-state index is 11.7. The van der Waals surface area contributed by atoms with E-state index in [1.54, 1.807) is 0 Å². The van der Waals surface area contributed by atoms with Crippen molar-refractivity contribution in [2.75, 3.05) is 20.3 Å². The molecule has 0 aliphatic carbocycles. The van der Waals surface area contributed by atoms with Gasteiger partial charge in [0, 0.05) is 6.42 Å². The number of amides is 1. The van der Waals surface area contributed by atoms with E-state index in [9.17, 15) is 4.79 Å². The summed E-state index contributed by atoms with van der Waals surface area (Å²) in [5, 5.41) is 2.97. The average molecular weight is 383 g/mol. The molecule has 0 unspecified atom stereocenters. The van der Waals surface area contributed by atoms with E-state index in [0.29, 0.717) is 13.1 Å². The van der Waals surface area contributed by atoms with Crippen LogP contribution in [0.4, 0.5) is 0 Å². The van der Waals surface area contributed by atoms with Gasteiger partial charge in [-0.15, -0.1) is 0 Å². The summed E-state index contributed by atoms with van der Waals surface area (Å²) < 4.78 is 0. The van der Waals surface area contributed by atoms with E-state index < -0.39 is 0 Å². The van der Waals surface area contributed by atoms with Crippen molar-refractivity contribution in [1.29, 1.82) is 0 Å². The molecule has 0 atom stereocenters. The summed E-state index contributed by atoms with van der Waals surface area (Å²) in [6.07, 6.45) is 24.1. The van der Waals surface area contributed by atoms with Gasteiger partial charge in [-0.25, -0.2) is 0 Å². The minimum Gasteiger partial charge on any atom is -0.343 e. The molecule has 0 heterocycles. The van der Waals surface area contributed by atoms with Gasteiger partial charge in [0.15, 0.2) is 0 Å². The van der Waals surface area contributed by atoms with Crippen molar-refractivity contribution in [3.05, 3.63) is 0 Å². The van der Waals surface area contributed by atoms with Crippen LogP contribution in [0.3, 0.4) is 0 Å². The molecular formula is C24H50N2O. The van der Waals surface area contributed by atoms with Crippen LogP contribution in [0.2, 0.25) is 0 Å². The molecule has 0 rings (SSSR count). The summed E-state index contributed by atoms with van der Waals surface area (Å²) in [6, 6.07) is 0. The highest BCUT2D eigenvalue weighted by Crippen LogP contribution is 2.14. The van der Waals surface area contributed by atoms with Gasteiger partial charge in [0.05, 0.1) is 6.67 Å². The maximum Gasteiger partial charge on any atom is 0.220 e. The van der Waals surface area contributed by atoms with Gasteiger partial charge in [-0.1, -0.05) is 117 Å². The summed E-state index contributed by atoms with van der Waals surface area (Å²) in [5.41, 5.74) is 0. The smallest absolute Gasteiger partial charge is 0.220 e. The quantitative estimate of drug-likeness (QED) is 0.170. The van der Waals surface area contributed by atoms with Crippen LogP contribution in [-0.2, 0) is 4.79 Å². The van der Waals surface area contributed by atoms with Crippen LogP contribution in [0, 0.1) is 0 Å². The van der Waals surface area contributed by atoms with Gasteiger partial charge in [-0.05, 0) is 20.0 Å². The van der Waals surface area contributed by atoms with Gasteiger partial charge in [-0.3, -0.25) is 9.69 Å². The Morgan fingerprint density at radius 2 is 1.00 bits per heavy atom. The number of rotatable bonds is 21. The predicted molar refractivity (Wildman–Crippen MR) is 120 cm³/mol. The van der Waals surface area contributed by atoms with Gasteiger partial charge in [-0.2, -0.15) is 0 Å². The monoisotopic (exact) mass is 382 g/mol. The summed E-state index contributed by atoms with van der Waals surface area (Å²) in [5.74, 6) is 0.205. The molecule has 0 aliphatic rings. The van der Waals surface area contributed by atoms with Gasteiger partial charge < -0.3 is 5.32 Å².